The first-order chi connectivity index (χ1) is 14.0. The molecule has 148 valence electrons. The number of ether oxygens (including phenoxy) is 1. The van der Waals surface area contributed by atoms with Gasteiger partial charge in [0.2, 0.25) is 0 Å². The van der Waals surface area contributed by atoms with Crippen molar-refractivity contribution in [3.63, 3.8) is 0 Å². The molecule has 1 amide bonds. The second-order valence-electron chi connectivity index (χ2n) is 7.54. The van der Waals surface area contributed by atoms with Gasteiger partial charge in [0.15, 0.2) is 6.10 Å². The van der Waals surface area contributed by atoms with Crippen molar-refractivity contribution in [2.75, 3.05) is 5.32 Å². The van der Waals surface area contributed by atoms with E-state index in [0.29, 0.717) is 11.3 Å². The van der Waals surface area contributed by atoms with Gasteiger partial charge >= 0.3 is 5.97 Å². The van der Waals surface area contributed by atoms with Crippen LogP contribution in [0.25, 0.3) is 10.9 Å². The number of benzene rings is 2. The fourth-order valence-electron chi connectivity index (χ4n) is 3.76. The third kappa shape index (κ3) is 3.99. The number of fused-ring (bicyclic) bond motifs is 2. The molecule has 4 rings (SSSR count). The number of hydrogen-bond acceptors (Lipinski definition) is 4. The molecule has 29 heavy (non-hydrogen) atoms. The molecule has 3 aromatic rings. The number of para-hydroxylation sites is 1. The van der Waals surface area contributed by atoms with Crippen molar-refractivity contribution >= 4 is 28.5 Å². The van der Waals surface area contributed by atoms with Gasteiger partial charge in [0, 0.05) is 16.8 Å². The van der Waals surface area contributed by atoms with Crippen LogP contribution in [0, 0.1) is 6.92 Å². The Morgan fingerprint density at radius 2 is 1.76 bits per heavy atom. The van der Waals surface area contributed by atoms with Gasteiger partial charge in [-0.3, -0.25) is 9.78 Å². The number of carbonyl (C=O) groups is 2. The van der Waals surface area contributed by atoms with Gasteiger partial charge in [0.25, 0.3) is 5.91 Å². The number of rotatable bonds is 4. The minimum absolute atomic E-state index is 0.352. The van der Waals surface area contributed by atoms with E-state index >= 15 is 0 Å². The van der Waals surface area contributed by atoms with Crippen LogP contribution < -0.4 is 5.32 Å². The van der Waals surface area contributed by atoms with E-state index in [1.807, 2.05) is 55.5 Å². The monoisotopic (exact) mass is 388 g/mol. The van der Waals surface area contributed by atoms with Crippen molar-refractivity contribution in [1.29, 1.82) is 0 Å². The molecule has 0 saturated heterocycles. The number of aromatic nitrogens is 1. The highest BCUT2D eigenvalue weighted by molar-refractivity contribution is 6.06. The number of nitrogens with one attached hydrogen (secondary N) is 1. The lowest BCUT2D eigenvalue weighted by molar-refractivity contribution is -0.123. The average Bonchev–Trinajstić information content (AvgIpc) is 2.73. The van der Waals surface area contributed by atoms with Crippen LogP contribution in [0.1, 0.15) is 46.9 Å². The molecule has 1 aliphatic rings. The van der Waals surface area contributed by atoms with E-state index in [0.717, 1.165) is 53.4 Å². The number of esters is 1. The second-order valence-corrected chi connectivity index (χ2v) is 7.54. The summed E-state index contributed by atoms with van der Waals surface area (Å²) in [4.78, 5) is 30.4. The van der Waals surface area contributed by atoms with E-state index in [2.05, 4.69) is 5.32 Å². The molecule has 0 radical (unpaired) electrons. The highest BCUT2D eigenvalue weighted by Crippen LogP contribution is 2.30. The van der Waals surface area contributed by atoms with Gasteiger partial charge in [-0.25, -0.2) is 4.79 Å². The molecule has 0 bridgehead atoms. The summed E-state index contributed by atoms with van der Waals surface area (Å²) in [6, 6.07) is 15.1. The lowest BCUT2D eigenvalue weighted by Crippen LogP contribution is -2.30. The van der Waals surface area contributed by atoms with Crippen molar-refractivity contribution in [3.8, 4) is 0 Å². The molecule has 5 nitrogen and oxygen atoms in total. The maximum atomic E-state index is 13.1. The Hall–Kier alpha value is -3.21. The Morgan fingerprint density at radius 1 is 1.03 bits per heavy atom. The van der Waals surface area contributed by atoms with Gasteiger partial charge < -0.3 is 10.1 Å². The molecule has 0 saturated carbocycles. The first-order valence-corrected chi connectivity index (χ1v) is 10.0. The first-order valence-electron chi connectivity index (χ1n) is 10.0. The number of hydrogen-bond donors (Lipinski definition) is 1. The minimum Gasteiger partial charge on any atom is -0.449 e. The van der Waals surface area contributed by atoms with E-state index in [-0.39, 0.29) is 5.91 Å². The molecule has 5 heteroatoms. The summed E-state index contributed by atoms with van der Waals surface area (Å²) in [5, 5.41) is 3.58. The van der Waals surface area contributed by atoms with Crippen molar-refractivity contribution in [2.24, 2.45) is 0 Å². The highest BCUT2D eigenvalue weighted by atomic mass is 16.5. The second kappa shape index (κ2) is 8.03. The summed E-state index contributed by atoms with van der Waals surface area (Å²) in [5.41, 5.74) is 5.06. The van der Waals surface area contributed by atoms with Crippen LogP contribution in [-0.2, 0) is 22.4 Å². The molecule has 1 aliphatic carbocycles. The van der Waals surface area contributed by atoms with Crippen LogP contribution in [-0.4, -0.2) is 23.0 Å². The zero-order valence-electron chi connectivity index (χ0n) is 16.7. The third-order valence-electron chi connectivity index (χ3n) is 5.35. The third-order valence-corrected chi connectivity index (χ3v) is 5.35. The SMILES string of the molecule is Cc1ccc(NC(=O)[C@H](C)OC(=O)c2c3c(nc4ccccc24)CCCC3)cc1. The minimum atomic E-state index is -0.907. The van der Waals surface area contributed by atoms with E-state index in [1.54, 1.807) is 6.92 Å². The lowest BCUT2D eigenvalue weighted by atomic mass is 9.90. The van der Waals surface area contributed by atoms with Crippen LogP contribution in [0.15, 0.2) is 48.5 Å². The Bertz CT molecular complexity index is 1070. The quantitative estimate of drug-likeness (QED) is 0.663. The molecule has 2 aromatic carbocycles. The summed E-state index contributed by atoms with van der Waals surface area (Å²) >= 11 is 0. The molecule has 1 aromatic heterocycles. The maximum absolute atomic E-state index is 13.1. The van der Waals surface area contributed by atoms with Crippen molar-refractivity contribution in [2.45, 2.75) is 45.6 Å². The van der Waals surface area contributed by atoms with Gasteiger partial charge in [-0.1, -0.05) is 35.9 Å². The summed E-state index contributed by atoms with van der Waals surface area (Å²) < 4.78 is 5.59. The number of carbonyl (C=O) groups excluding carboxylic acids is 2. The van der Waals surface area contributed by atoms with Crippen LogP contribution in [0.2, 0.25) is 0 Å². The zero-order valence-corrected chi connectivity index (χ0v) is 16.7. The van der Waals surface area contributed by atoms with E-state index in [9.17, 15) is 9.59 Å². The van der Waals surface area contributed by atoms with Crippen LogP contribution in [0.5, 0.6) is 0 Å². The predicted molar refractivity (Wildman–Crippen MR) is 113 cm³/mol. The van der Waals surface area contributed by atoms with E-state index in [4.69, 9.17) is 9.72 Å². The van der Waals surface area contributed by atoms with E-state index < -0.39 is 12.1 Å². The molecule has 0 unspecified atom stereocenters. The standard InChI is InChI=1S/C24H24N2O3/c1-15-11-13-17(14-12-15)25-23(27)16(2)29-24(28)22-18-7-3-5-9-20(18)26-21-10-6-4-8-19(21)22/h3,5,7,9,11-14,16H,4,6,8,10H2,1-2H3,(H,25,27)/t16-/m0/s1. The largest absolute Gasteiger partial charge is 0.449 e. The maximum Gasteiger partial charge on any atom is 0.339 e. The summed E-state index contributed by atoms with van der Waals surface area (Å²) in [6.45, 7) is 3.58. The summed E-state index contributed by atoms with van der Waals surface area (Å²) in [6.07, 6.45) is 2.86. The van der Waals surface area contributed by atoms with Crippen molar-refractivity contribution in [3.05, 3.63) is 70.9 Å². The van der Waals surface area contributed by atoms with Gasteiger partial charge in [-0.05, 0) is 63.3 Å². The fraction of sp³-hybridized carbons (Fsp3) is 0.292. The number of nitrogens with zero attached hydrogens (tertiary/aromatic N) is 1. The van der Waals surface area contributed by atoms with Crippen LogP contribution >= 0.6 is 0 Å². The Balaban J connectivity index is 1.58. The van der Waals surface area contributed by atoms with E-state index in [1.165, 1.54) is 0 Å². The van der Waals surface area contributed by atoms with Crippen LogP contribution in [0.3, 0.4) is 0 Å². The number of pyridine rings is 1. The predicted octanol–water partition coefficient (Wildman–Crippen LogP) is 4.61. The van der Waals surface area contributed by atoms with Crippen LogP contribution in [0.4, 0.5) is 5.69 Å². The summed E-state index contributed by atoms with van der Waals surface area (Å²) in [7, 11) is 0. The van der Waals surface area contributed by atoms with Gasteiger partial charge in [0.05, 0.1) is 11.1 Å². The highest BCUT2D eigenvalue weighted by Gasteiger charge is 2.26. The normalized spacial score (nSPS) is 14.1. The van der Waals surface area contributed by atoms with Crippen molar-refractivity contribution < 1.29 is 14.3 Å². The van der Waals surface area contributed by atoms with Gasteiger partial charge in [-0.15, -0.1) is 0 Å². The van der Waals surface area contributed by atoms with Crippen molar-refractivity contribution in [1.82, 2.24) is 4.98 Å². The number of anilines is 1. The lowest BCUT2D eigenvalue weighted by Gasteiger charge is -2.21. The fourth-order valence-corrected chi connectivity index (χ4v) is 3.76. The number of amides is 1. The molecule has 1 N–H and O–H groups in total. The number of aryl methyl sites for hydroxylation is 2. The molecule has 1 atom stereocenters. The molecule has 0 fully saturated rings. The van der Waals surface area contributed by atoms with Gasteiger partial charge in [-0.2, -0.15) is 0 Å². The Labute approximate surface area is 170 Å². The molecular weight excluding hydrogens is 364 g/mol. The average molecular weight is 388 g/mol. The first kappa shape index (κ1) is 19.1. The topological polar surface area (TPSA) is 68.3 Å². The molecule has 0 spiro atoms. The molecular formula is C24H24N2O3. The summed E-state index contributed by atoms with van der Waals surface area (Å²) in [5.74, 6) is -0.817. The van der Waals surface area contributed by atoms with Gasteiger partial charge in [0.1, 0.15) is 0 Å². The Kier molecular flexibility index (Phi) is 5.30. The zero-order chi connectivity index (χ0) is 20.4. The molecule has 0 aliphatic heterocycles. The molecule has 1 heterocycles. The Morgan fingerprint density at radius 3 is 2.55 bits per heavy atom. The smallest absolute Gasteiger partial charge is 0.339 e.